The van der Waals surface area contributed by atoms with E-state index in [1.54, 1.807) is 30.3 Å². The van der Waals surface area contributed by atoms with Crippen molar-refractivity contribution in [2.75, 3.05) is 44.2 Å². The van der Waals surface area contributed by atoms with E-state index in [9.17, 15) is 9.90 Å². The number of halogens is 2. The standard InChI is InChI=1S/C22H26Cl2N2O3/c1-2-22(28)16-3-6-19(7-4-16)29-15-18(27)14-25-9-11-26(12-10-25)21-13-17(23)5-8-20(21)24/h3-8,13,18,27H,2,9-12,14-15H2,1H3/t18-/m0/s1. The van der Waals surface area contributed by atoms with Gasteiger partial charge in [-0.1, -0.05) is 30.1 Å². The number of ketones is 1. The molecule has 0 aliphatic carbocycles. The van der Waals surface area contributed by atoms with E-state index in [1.807, 2.05) is 19.1 Å². The van der Waals surface area contributed by atoms with Gasteiger partial charge in [0.15, 0.2) is 5.78 Å². The van der Waals surface area contributed by atoms with Gasteiger partial charge in [-0.2, -0.15) is 0 Å². The number of rotatable bonds is 8. The smallest absolute Gasteiger partial charge is 0.162 e. The molecule has 1 saturated heterocycles. The van der Waals surface area contributed by atoms with Crippen LogP contribution in [0.2, 0.25) is 10.0 Å². The first-order chi connectivity index (χ1) is 14.0. The van der Waals surface area contributed by atoms with Crippen molar-refractivity contribution in [3.63, 3.8) is 0 Å². The number of ether oxygens (including phenoxy) is 1. The van der Waals surface area contributed by atoms with Crippen molar-refractivity contribution in [3.8, 4) is 5.75 Å². The molecule has 29 heavy (non-hydrogen) atoms. The first kappa shape index (κ1) is 21.9. The van der Waals surface area contributed by atoms with E-state index in [2.05, 4.69) is 9.80 Å². The summed E-state index contributed by atoms with van der Waals surface area (Å²) in [4.78, 5) is 16.1. The zero-order chi connectivity index (χ0) is 20.8. The van der Waals surface area contributed by atoms with Crippen molar-refractivity contribution in [1.29, 1.82) is 0 Å². The zero-order valence-electron chi connectivity index (χ0n) is 16.5. The van der Waals surface area contributed by atoms with E-state index in [0.29, 0.717) is 34.3 Å². The van der Waals surface area contributed by atoms with Crippen LogP contribution in [-0.2, 0) is 0 Å². The molecule has 0 spiro atoms. The molecule has 1 N–H and O–H groups in total. The molecule has 7 heteroatoms. The molecule has 0 bridgehead atoms. The highest BCUT2D eigenvalue weighted by molar-refractivity contribution is 6.35. The van der Waals surface area contributed by atoms with Crippen molar-refractivity contribution in [1.82, 2.24) is 4.90 Å². The van der Waals surface area contributed by atoms with Crippen LogP contribution < -0.4 is 9.64 Å². The van der Waals surface area contributed by atoms with Gasteiger partial charge >= 0.3 is 0 Å². The monoisotopic (exact) mass is 436 g/mol. The Hall–Kier alpha value is -1.79. The molecular formula is C22H26Cl2N2O3. The molecule has 0 unspecified atom stereocenters. The number of hydrogen-bond donors (Lipinski definition) is 1. The van der Waals surface area contributed by atoms with Crippen molar-refractivity contribution in [2.24, 2.45) is 0 Å². The Labute approximate surface area is 181 Å². The molecule has 1 aliphatic rings. The summed E-state index contributed by atoms with van der Waals surface area (Å²) in [6.45, 7) is 5.89. The number of anilines is 1. The van der Waals surface area contributed by atoms with Crippen molar-refractivity contribution >= 4 is 34.7 Å². The minimum Gasteiger partial charge on any atom is -0.491 e. The summed E-state index contributed by atoms with van der Waals surface area (Å²) in [5, 5.41) is 11.7. The lowest BCUT2D eigenvalue weighted by Gasteiger charge is -2.37. The Morgan fingerprint density at radius 3 is 2.45 bits per heavy atom. The van der Waals surface area contributed by atoms with E-state index >= 15 is 0 Å². The summed E-state index contributed by atoms with van der Waals surface area (Å²) >= 11 is 12.4. The summed E-state index contributed by atoms with van der Waals surface area (Å²) in [5.41, 5.74) is 1.63. The molecular weight excluding hydrogens is 411 g/mol. The van der Waals surface area contributed by atoms with Crippen molar-refractivity contribution < 1.29 is 14.6 Å². The number of carbonyl (C=O) groups excluding carboxylic acids is 1. The molecule has 1 heterocycles. The fourth-order valence-corrected chi connectivity index (χ4v) is 3.79. The Balaban J connectivity index is 1.43. The SMILES string of the molecule is CCC(=O)c1ccc(OC[C@@H](O)CN2CCN(c3cc(Cl)ccc3Cl)CC2)cc1. The number of nitrogens with zero attached hydrogens (tertiary/aromatic N) is 2. The highest BCUT2D eigenvalue weighted by Gasteiger charge is 2.21. The average Bonchev–Trinajstić information content (AvgIpc) is 2.74. The third kappa shape index (κ3) is 6.09. The molecule has 1 aliphatic heterocycles. The van der Waals surface area contributed by atoms with E-state index in [4.69, 9.17) is 27.9 Å². The van der Waals surface area contributed by atoms with E-state index in [-0.39, 0.29) is 12.4 Å². The van der Waals surface area contributed by atoms with E-state index in [0.717, 1.165) is 31.9 Å². The number of aliphatic hydroxyl groups is 1. The Morgan fingerprint density at radius 2 is 1.79 bits per heavy atom. The van der Waals surface area contributed by atoms with Crippen molar-refractivity contribution in [2.45, 2.75) is 19.4 Å². The lowest BCUT2D eigenvalue weighted by molar-refractivity contribution is 0.0663. The molecule has 2 aromatic rings. The lowest BCUT2D eigenvalue weighted by atomic mass is 10.1. The quantitative estimate of drug-likeness (QED) is 0.629. The van der Waals surface area contributed by atoms with Crippen molar-refractivity contribution in [3.05, 3.63) is 58.1 Å². The molecule has 1 atom stereocenters. The van der Waals surface area contributed by atoms with E-state index < -0.39 is 6.10 Å². The topological polar surface area (TPSA) is 53.0 Å². The maximum absolute atomic E-state index is 11.7. The maximum atomic E-state index is 11.7. The lowest BCUT2D eigenvalue weighted by Crippen LogP contribution is -2.49. The number of hydrogen-bond acceptors (Lipinski definition) is 5. The van der Waals surface area contributed by atoms with Crippen LogP contribution in [0, 0.1) is 0 Å². The van der Waals surface area contributed by atoms with Gasteiger partial charge in [0, 0.05) is 49.7 Å². The van der Waals surface area contributed by atoms with Crippen LogP contribution in [0.4, 0.5) is 5.69 Å². The summed E-state index contributed by atoms with van der Waals surface area (Å²) in [7, 11) is 0. The molecule has 0 aromatic heterocycles. The normalized spacial score (nSPS) is 15.9. The van der Waals surface area contributed by atoms with Gasteiger partial charge in [0.2, 0.25) is 0 Å². The number of benzene rings is 2. The van der Waals surface area contributed by atoms with Gasteiger partial charge in [-0.05, 0) is 42.5 Å². The fourth-order valence-electron chi connectivity index (χ4n) is 3.38. The minimum absolute atomic E-state index is 0.106. The molecule has 1 fully saturated rings. The van der Waals surface area contributed by atoms with Gasteiger partial charge in [-0.15, -0.1) is 0 Å². The van der Waals surface area contributed by atoms with E-state index in [1.165, 1.54) is 0 Å². The fraction of sp³-hybridized carbons (Fsp3) is 0.409. The largest absolute Gasteiger partial charge is 0.491 e. The second kappa shape index (κ2) is 10.3. The van der Waals surface area contributed by atoms with Gasteiger partial charge in [0.25, 0.3) is 0 Å². The third-order valence-corrected chi connectivity index (χ3v) is 5.58. The number of β-amino-alcohol motifs (C(OH)–C–C–N with tert-alkyl or cyclic N) is 1. The number of aliphatic hydroxyl groups excluding tert-OH is 1. The summed E-state index contributed by atoms with van der Waals surface area (Å²) in [5.74, 6) is 0.756. The van der Waals surface area contributed by atoms with Gasteiger partial charge in [-0.25, -0.2) is 0 Å². The van der Waals surface area contributed by atoms with Gasteiger partial charge in [0.05, 0.1) is 10.7 Å². The first-order valence-corrected chi connectivity index (χ1v) is 10.6. The molecule has 0 amide bonds. The Morgan fingerprint density at radius 1 is 1.10 bits per heavy atom. The number of piperazine rings is 1. The maximum Gasteiger partial charge on any atom is 0.162 e. The van der Waals surface area contributed by atoms with Crippen LogP contribution in [0.3, 0.4) is 0 Å². The predicted octanol–water partition coefficient (Wildman–Crippen LogP) is 4.15. The molecule has 2 aromatic carbocycles. The van der Waals surface area contributed by atoms with Crippen LogP contribution in [-0.4, -0.2) is 61.2 Å². The van der Waals surface area contributed by atoms with Crippen LogP contribution in [0.1, 0.15) is 23.7 Å². The summed E-state index contributed by atoms with van der Waals surface area (Å²) < 4.78 is 5.67. The molecule has 0 saturated carbocycles. The minimum atomic E-state index is -0.590. The molecule has 3 rings (SSSR count). The van der Waals surface area contributed by atoms with Crippen LogP contribution >= 0.6 is 23.2 Å². The van der Waals surface area contributed by atoms with Crippen LogP contribution in [0.5, 0.6) is 5.75 Å². The number of carbonyl (C=O) groups is 1. The Kier molecular flexibility index (Phi) is 7.78. The van der Waals surface area contributed by atoms with Crippen LogP contribution in [0.25, 0.3) is 0 Å². The molecule has 0 radical (unpaired) electrons. The van der Waals surface area contributed by atoms with Gasteiger partial charge in [-0.3, -0.25) is 9.69 Å². The predicted molar refractivity (Wildman–Crippen MR) is 118 cm³/mol. The molecule has 5 nitrogen and oxygen atoms in total. The average molecular weight is 437 g/mol. The zero-order valence-corrected chi connectivity index (χ0v) is 18.0. The van der Waals surface area contributed by atoms with Gasteiger partial charge in [0.1, 0.15) is 18.5 Å². The first-order valence-electron chi connectivity index (χ1n) is 9.82. The second-order valence-electron chi connectivity index (χ2n) is 7.15. The number of Topliss-reactive ketones (excluding diaryl/α,β-unsaturated/α-hetero) is 1. The summed E-state index contributed by atoms with van der Waals surface area (Å²) in [6.07, 6.45) is -0.108. The molecule has 156 valence electrons. The third-order valence-electron chi connectivity index (χ3n) is 5.03. The van der Waals surface area contributed by atoms with Crippen LogP contribution in [0.15, 0.2) is 42.5 Å². The second-order valence-corrected chi connectivity index (χ2v) is 7.99. The summed E-state index contributed by atoms with van der Waals surface area (Å²) in [6, 6.07) is 12.5. The highest BCUT2D eigenvalue weighted by atomic mass is 35.5. The Bertz CT molecular complexity index is 821. The highest BCUT2D eigenvalue weighted by Crippen LogP contribution is 2.29. The van der Waals surface area contributed by atoms with Gasteiger partial charge < -0.3 is 14.7 Å².